The van der Waals surface area contributed by atoms with Gasteiger partial charge in [-0.2, -0.15) is 5.10 Å². The Labute approximate surface area is 145 Å². The topological polar surface area (TPSA) is 97.9 Å². The highest BCUT2D eigenvalue weighted by Crippen LogP contribution is 2.19. The summed E-state index contributed by atoms with van der Waals surface area (Å²) in [7, 11) is 0. The monoisotopic (exact) mass is 342 g/mol. The van der Waals surface area contributed by atoms with Crippen molar-refractivity contribution in [2.75, 3.05) is 11.9 Å². The first kappa shape index (κ1) is 16.9. The first-order chi connectivity index (χ1) is 12.0. The van der Waals surface area contributed by atoms with Gasteiger partial charge in [0.05, 0.1) is 11.3 Å². The van der Waals surface area contributed by atoms with Crippen molar-refractivity contribution in [1.29, 1.82) is 0 Å². The first-order valence-corrected chi connectivity index (χ1v) is 8.34. The maximum atomic E-state index is 11.1. The fraction of sp³-hybridized carbons (Fsp3) is 0.412. The molecular formula is C17H22N6O2. The highest BCUT2D eigenvalue weighted by molar-refractivity contribution is 5.91. The molecule has 0 aliphatic heterocycles. The molecule has 0 unspecified atom stereocenters. The molecule has 3 aromatic rings. The predicted molar refractivity (Wildman–Crippen MR) is 95.0 cm³/mol. The van der Waals surface area contributed by atoms with Gasteiger partial charge in [-0.1, -0.05) is 0 Å². The van der Waals surface area contributed by atoms with E-state index in [2.05, 4.69) is 33.4 Å². The molecule has 0 saturated carbocycles. The number of pyridine rings is 1. The van der Waals surface area contributed by atoms with Crippen molar-refractivity contribution in [3.8, 4) is 0 Å². The summed E-state index contributed by atoms with van der Waals surface area (Å²) in [4.78, 5) is 19.8. The molecule has 0 aliphatic carbocycles. The largest absolute Gasteiger partial charge is 0.478 e. The Bertz CT molecular complexity index is 911. The summed E-state index contributed by atoms with van der Waals surface area (Å²) in [5, 5.41) is 16.9. The molecule has 132 valence electrons. The average Bonchev–Trinajstić information content (AvgIpc) is 3.09. The molecule has 0 radical (unpaired) electrons. The van der Waals surface area contributed by atoms with Gasteiger partial charge in [-0.15, -0.1) is 0 Å². The molecule has 0 saturated heterocycles. The van der Waals surface area contributed by atoms with E-state index in [0.717, 1.165) is 30.9 Å². The van der Waals surface area contributed by atoms with Crippen molar-refractivity contribution in [2.45, 2.75) is 40.3 Å². The van der Waals surface area contributed by atoms with E-state index in [0.29, 0.717) is 23.7 Å². The van der Waals surface area contributed by atoms with Crippen molar-refractivity contribution in [3.63, 3.8) is 0 Å². The predicted octanol–water partition coefficient (Wildman–Crippen LogP) is 2.46. The van der Waals surface area contributed by atoms with Crippen LogP contribution in [0.15, 0.2) is 18.3 Å². The minimum atomic E-state index is -1.00. The molecule has 0 atom stereocenters. The number of fused-ring (bicyclic) bond motifs is 1. The lowest BCUT2D eigenvalue weighted by atomic mass is 10.3. The zero-order valence-corrected chi connectivity index (χ0v) is 14.7. The Morgan fingerprint density at radius 3 is 2.76 bits per heavy atom. The van der Waals surface area contributed by atoms with Crippen molar-refractivity contribution in [3.05, 3.63) is 35.3 Å². The Morgan fingerprint density at radius 1 is 1.32 bits per heavy atom. The van der Waals surface area contributed by atoms with Crippen LogP contribution in [-0.4, -0.2) is 41.9 Å². The van der Waals surface area contributed by atoms with Crippen molar-refractivity contribution in [1.82, 2.24) is 24.3 Å². The summed E-state index contributed by atoms with van der Waals surface area (Å²) >= 11 is 0. The second-order valence-corrected chi connectivity index (χ2v) is 5.98. The summed E-state index contributed by atoms with van der Waals surface area (Å²) in [5.74, 6) is -0.291. The van der Waals surface area contributed by atoms with Crippen LogP contribution < -0.4 is 5.32 Å². The summed E-state index contributed by atoms with van der Waals surface area (Å²) in [6.45, 7) is 8.33. The van der Waals surface area contributed by atoms with E-state index in [1.54, 1.807) is 6.07 Å². The number of carbonyl (C=O) groups is 1. The maximum absolute atomic E-state index is 11.1. The molecular weight excluding hydrogens is 320 g/mol. The first-order valence-electron chi connectivity index (χ1n) is 8.34. The normalized spacial score (nSPS) is 11.2. The van der Waals surface area contributed by atoms with Gasteiger partial charge in [0.1, 0.15) is 5.52 Å². The quantitative estimate of drug-likeness (QED) is 0.640. The van der Waals surface area contributed by atoms with Crippen LogP contribution in [0.2, 0.25) is 0 Å². The highest BCUT2D eigenvalue weighted by atomic mass is 16.4. The van der Waals surface area contributed by atoms with Crippen LogP contribution >= 0.6 is 0 Å². The molecule has 8 nitrogen and oxygen atoms in total. The molecule has 0 aliphatic rings. The molecule has 0 aromatic carbocycles. The van der Waals surface area contributed by atoms with Gasteiger partial charge in [-0.25, -0.2) is 14.8 Å². The van der Waals surface area contributed by atoms with Gasteiger partial charge in [0.2, 0.25) is 5.95 Å². The fourth-order valence-electron chi connectivity index (χ4n) is 2.89. The van der Waals surface area contributed by atoms with E-state index in [1.165, 1.54) is 6.20 Å². The Kier molecular flexibility index (Phi) is 4.69. The molecule has 25 heavy (non-hydrogen) atoms. The van der Waals surface area contributed by atoms with Crippen LogP contribution in [0.3, 0.4) is 0 Å². The molecule has 3 rings (SSSR count). The van der Waals surface area contributed by atoms with Crippen LogP contribution in [0, 0.1) is 13.8 Å². The minimum Gasteiger partial charge on any atom is -0.478 e. The fourth-order valence-corrected chi connectivity index (χ4v) is 2.89. The van der Waals surface area contributed by atoms with Crippen LogP contribution in [0.25, 0.3) is 11.2 Å². The van der Waals surface area contributed by atoms with Gasteiger partial charge in [0.15, 0.2) is 5.65 Å². The van der Waals surface area contributed by atoms with Crippen LogP contribution in [-0.2, 0) is 13.1 Å². The molecule has 2 N–H and O–H groups in total. The van der Waals surface area contributed by atoms with E-state index in [9.17, 15) is 4.79 Å². The SMILES string of the molecule is CCn1c(NCCCn2nc(C)cc2C)nc2cc(C(=O)O)cnc21. The van der Waals surface area contributed by atoms with Crippen LogP contribution in [0.5, 0.6) is 0 Å². The smallest absolute Gasteiger partial charge is 0.337 e. The zero-order valence-electron chi connectivity index (χ0n) is 14.7. The lowest BCUT2D eigenvalue weighted by Gasteiger charge is -2.09. The zero-order chi connectivity index (χ0) is 18.0. The van der Waals surface area contributed by atoms with E-state index < -0.39 is 5.97 Å². The van der Waals surface area contributed by atoms with Crippen molar-refractivity contribution >= 4 is 23.1 Å². The Morgan fingerprint density at radius 2 is 2.12 bits per heavy atom. The third-order valence-electron chi connectivity index (χ3n) is 4.08. The number of anilines is 1. The minimum absolute atomic E-state index is 0.143. The molecule has 0 spiro atoms. The number of aromatic carboxylic acids is 1. The van der Waals surface area contributed by atoms with E-state index in [4.69, 9.17) is 5.11 Å². The van der Waals surface area contributed by atoms with Gasteiger partial charge in [-0.3, -0.25) is 9.25 Å². The number of carboxylic acid groups (broad SMARTS) is 1. The highest BCUT2D eigenvalue weighted by Gasteiger charge is 2.13. The van der Waals surface area contributed by atoms with Gasteiger partial charge >= 0.3 is 5.97 Å². The number of nitrogens with one attached hydrogen (secondary N) is 1. The van der Waals surface area contributed by atoms with Gasteiger partial charge in [0.25, 0.3) is 0 Å². The second-order valence-electron chi connectivity index (χ2n) is 5.98. The summed E-state index contributed by atoms with van der Waals surface area (Å²) in [6, 6.07) is 3.62. The average molecular weight is 342 g/mol. The lowest BCUT2D eigenvalue weighted by Crippen LogP contribution is -2.12. The number of hydrogen-bond donors (Lipinski definition) is 2. The molecule has 0 fully saturated rings. The maximum Gasteiger partial charge on any atom is 0.337 e. The van der Waals surface area contributed by atoms with Crippen LogP contribution in [0.1, 0.15) is 35.1 Å². The van der Waals surface area contributed by atoms with Gasteiger partial charge in [-0.05, 0) is 39.3 Å². The van der Waals surface area contributed by atoms with E-state index in [-0.39, 0.29) is 5.56 Å². The molecule has 8 heteroatoms. The number of aromatic nitrogens is 5. The number of imidazole rings is 1. The Hall–Kier alpha value is -2.90. The second kappa shape index (κ2) is 6.92. The number of hydrogen-bond acceptors (Lipinski definition) is 5. The number of aryl methyl sites for hydroxylation is 4. The van der Waals surface area contributed by atoms with Gasteiger partial charge in [0, 0.05) is 31.5 Å². The Balaban J connectivity index is 1.70. The lowest BCUT2D eigenvalue weighted by molar-refractivity contribution is 0.0696. The van der Waals surface area contributed by atoms with Crippen molar-refractivity contribution in [2.24, 2.45) is 0 Å². The number of nitrogens with zero attached hydrogens (tertiary/aromatic N) is 5. The summed E-state index contributed by atoms with van der Waals surface area (Å²) in [6.07, 6.45) is 2.27. The standard InChI is InChI=1S/C17H22N6O2/c1-4-22-15-14(9-13(10-19-15)16(24)25)20-17(22)18-6-5-7-23-12(3)8-11(2)21-23/h8-10H,4-7H2,1-3H3,(H,18,20)(H,24,25). The van der Waals surface area contributed by atoms with E-state index in [1.807, 2.05) is 23.1 Å². The van der Waals surface area contributed by atoms with E-state index >= 15 is 0 Å². The molecule has 0 amide bonds. The number of carboxylic acids is 1. The van der Waals surface area contributed by atoms with Gasteiger partial charge < -0.3 is 10.4 Å². The third kappa shape index (κ3) is 3.47. The molecule has 3 heterocycles. The molecule has 0 bridgehead atoms. The van der Waals surface area contributed by atoms with Crippen LogP contribution in [0.4, 0.5) is 5.95 Å². The summed E-state index contributed by atoms with van der Waals surface area (Å²) in [5.41, 5.74) is 3.60. The third-order valence-corrected chi connectivity index (χ3v) is 4.08. The summed E-state index contributed by atoms with van der Waals surface area (Å²) < 4.78 is 3.95. The molecule has 3 aromatic heterocycles. The number of rotatable bonds is 7. The van der Waals surface area contributed by atoms with Crippen molar-refractivity contribution < 1.29 is 9.90 Å².